The van der Waals surface area contributed by atoms with Gasteiger partial charge in [0.05, 0.1) is 16.8 Å². The van der Waals surface area contributed by atoms with Crippen molar-refractivity contribution in [2.75, 3.05) is 5.32 Å². The normalized spacial score (nSPS) is 14.1. The van der Waals surface area contributed by atoms with Gasteiger partial charge in [0.2, 0.25) is 0 Å². The van der Waals surface area contributed by atoms with E-state index in [-0.39, 0.29) is 5.91 Å². The van der Waals surface area contributed by atoms with Crippen molar-refractivity contribution in [2.45, 2.75) is 58.9 Å². The summed E-state index contributed by atoms with van der Waals surface area (Å²) in [4.78, 5) is 23.9. The molecule has 6 nitrogen and oxygen atoms in total. The number of hydrogen-bond donors (Lipinski definition) is 1. The Balaban J connectivity index is 1.64. The average Bonchev–Trinajstić information content (AvgIpc) is 3.29. The van der Waals surface area contributed by atoms with Crippen molar-refractivity contribution in [3.05, 3.63) is 34.2 Å². The number of fused-ring (bicyclic) bond motifs is 1. The molecule has 0 unspecified atom stereocenters. The zero-order valence-electron chi connectivity index (χ0n) is 15.4. The summed E-state index contributed by atoms with van der Waals surface area (Å²) in [5.74, 6) is 2.07. The zero-order chi connectivity index (χ0) is 18.3. The number of carbonyl (C=O) groups is 1. The van der Waals surface area contributed by atoms with Crippen molar-refractivity contribution in [1.29, 1.82) is 0 Å². The van der Waals surface area contributed by atoms with E-state index >= 15 is 0 Å². The molecule has 0 aliphatic heterocycles. The number of rotatable bonds is 6. The summed E-state index contributed by atoms with van der Waals surface area (Å²) >= 11 is 1.46. The highest BCUT2D eigenvalue weighted by Gasteiger charge is 2.28. The molecule has 1 amide bonds. The predicted octanol–water partition coefficient (Wildman–Crippen LogP) is 4.43. The molecule has 0 saturated heterocycles. The van der Waals surface area contributed by atoms with Crippen molar-refractivity contribution >= 4 is 33.3 Å². The molecule has 0 bridgehead atoms. The van der Waals surface area contributed by atoms with E-state index in [1.807, 2.05) is 24.6 Å². The third kappa shape index (κ3) is 3.11. The fourth-order valence-corrected chi connectivity index (χ4v) is 4.33. The first kappa shape index (κ1) is 17.1. The molecular weight excluding hydrogens is 346 g/mol. The Bertz CT molecular complexity index is 970. The second-order valence-corrected chi connectivity index (χ2v) is 7.92. The Kier molecular flexibility index (Phi) is 4.48. The van der Waals surface area contributed by atoms with E-state index in [0.717, 1.165) is 52.5 Å². The molecule has 3 aromatic rings. The second-order valence-electron chi connectivity index (χ2n) is 6.93. The van der Waals surface area contributed by atoms with Crippen LogP contribution in [0.5, 0.6) is 0 Å². The molecular formula is C19H23N5OS. The van der Waals surface area contributed by atoms with Gasteiger partial charge in [-0.25, -0.2) is 14.6 Å². The number of hydrogen-bond acceptors (Lipinski definition) is 5. The Labute approximate surface area is 156 Å². The lowest BCUT2D eigenvalue weighted by Gasteiger charge is -2.08. The van der Waals surface area contributed by atoms with Crippen LogP contribution >= 0.6 is 11.3 Å². The van der Waals surface area contributed by atoms with Crippen molar-refractivity contribution in [2.24, 2.45) is 0 Å². The highest BCUT2D eigenvalue weighted by Crippen LogP contribution is 2.40. The maximum atomic E-state index is 12.9. The molecule has 1 saturated carbocycles. The van der Waals surface area contributed by atoms with Gasteiger partial charge in [0.15, 0.2) is 0 Å². The quantitative estimate of drug-likeness (QED) is 0.697. The molecule has 26 heavy (non-hydrogen) atoms. The number of amides is 1. The lowest BCUT2D eigenvalue weighted by molar-refractivity contribution is 0.102. The van der Waals surface area contributed by atoms with Gasteiger partial charge in [-0.15, -0.1) is 11.3 Å². The number of carbonyl (C=O) groups excluding carboxylic acids is 1. The smallest absolute Gasteiger partial charge is 0.267 e. The van der Waals surface area contributed by atoms with Crippen LogP contribution in [0.25, 0.3) is 10.2 Å². The lowest BCUT2D eigenvalue weighted by atomic mass is 10.1. The fraction of sp³-hybridized carbons (Fsp3) is 0.474. The number of unbranched alkanes of at least 4 members (excludes halogenated alkanes) is 1. The summed E-state index contributed by atoms with van der Waals surface area (Å²) in [7, 11) is 0. The maximum Gasteiger partial charge on any atom is 0.267 e. The molecule has 0 spiro atoms. The second kappa shape index (κ2) is 6.79. The van der Waals surface area contributed by atoms with E-state index in [1.54, 1.807) is 6.20 Å². The minimum absolute atomic E-state index is 0.101. The van der Waals surface area contributed by atoms with Gasteiger partial charge in [-0.1, -0.05) is 13.3 Å². The fourth-order valence-electron chi connectivity index (χ4n) is 3.20. The monoisotopic (exact) mass is 369 g/mol. The van der Waals surface area contributed by atoms with Gasteiger partial charge in [-0.05, 0) is 38.7 Å². The third-order valence-electron chi connectivity index (χ3n) is 4.82. The number of nitrogens with one attached hydrogen (secondary N) is 1. The van der Waals surface area contributed by atoms with E-state index in [2.05, 4.69) is 22.3 Å². The van der Waals surface area contributed by atoms with Gasteiger partial charge in [-0.2, -0.15) is 5.10 Å². The molecule has 1 aliphatic rings. The minimum Gasteiger partial charge on any atom is -0.306 e. The Morgan fingerprint density at radius 3 is 2.88 bits per heavy atom. The summed E-state index contributed by atoms with van der Waals surface area (Å²) in [5, 5.41) is 8.33. The van der Waals surface area contributed by atoms with Crippen LogP contribution in [0, 0.1) is 13.8 Å². The zero-order valence-corrected chi connectivity index (χ0v) is 16.2. The number of anilines is 1. The molecule has 136 valence electrons. The number of thiophene rings is 1. The molecule has 0 radical (unpaired) electrons. The van der Waals surface area contributed by atoms with E-state index in [0.29, 0.717) is 10.8 Å². The van der Waals surface area contributed by atoms with Crippen LogP contribution in [0.1, 0.15) is 65.3 Å². The van der Waals surface area contributed by atoms with E-state index in [1.165, 1.54) is 24.2 Å². The average molecular weight is 369 g/mol. The number of nitrogens with zero attached hydrogens (tertiary/aromatic N) is 4. The van der Waals surface area contributed by atoms with E-state index in [4.69, 9.17) is 4.98 Å². The van der Waals surface area contributed by atoms with E-state index in [9.17, 15) is 4.79 Å². The highest BCUT2D eigenvalue weighted by molar-refractivity contribution is 7.20. The highest BCUT2D eigenvalue weighted by atomic mass is 32.1. The van der Waals surface area contributed by atoms with Gasteiger partial charge in [0.1, 0.15) is 16.5 Å². The summed E-state index contributed by atoms with van der Waals surface area (Å²) in [5.41, 5.74) is 1.93. The SMILES string of the molecule is CCCCn1nccc1NC(=O)c1sc2nc(C3CC3)nc(C)c2c1C. The van der Waals surface area contributed by atoms with Gasteiger partial charge < -0.3 is 5.32 Å². The summed E-state index contributed by atoms with van der Waals surface area (Å²) < 4.78 is 1.85. The first-order valence-electron chi connectivity index (χ1n) is 9.19. The standard InChI is InChI=1S/C19H23N5OS/c1-4-5-10-24-14(8-9-20-24)22-18(25)16-11(2)15-12(3)21-17(13-6-7-13)23-19(15)26-16/h8-9,13H,4-7,10H2,1-3H3,(H,22,25). The predicted molar refractivity (Wildman–Crippen MR) is 104 cm³/mol. The molecule has 1 N–H and O–H groups in total. The Morgan fingerprint density at radius 2 is 2.15 bits per heavy atom. The maximum absolute atomic E-state index is 12.9. The Morgan fingerprint density at radius 1 is 1.35 bits per heavy atom. The van der Waals surface area contributed by atoms with Crippen LogP contribution in [-0.2, 0) is 6.54 Å². The van der Waals surface area contributed by atoms with Crippen LogP contribution in [-0.4, -0.2) is 25.7 Å². The van der Waals surface area contributed by atoms with Gasteiger partial charge in [0, 0.05) is 23.9 Å². The van der Waals surface area contributed by atoms with Crippen LogP contribution in [0.4, 0.5) is 5.82 Å². The Hall–Kier alpha value is -2.28. The summed E-state index contributed by atoms with van der Waals surface area (Å²) in [6, 6.07) is 1.84. The first-order valence-corrected chi connectivity index (χ1v) is 10.0. The molecule has 3 aromatic heterocycles. The van der Waals surface area contributed by atoms with Crippen molar-refractivity contribution in [1.82, 2.24) is 19.7 Å². The van der Waals surface area contributed by atoms with Crippen LogP contribution < -0.4 is 5.32 Å². The number of aryl methyl sites for hydroxylation is 3. The van der Waals surface area contributed by atoms with Crippen LogP contribution in [0.2, 0.25) is 0 Å². The summed E-state index contributed by atoms with van der Waals surface area (Å²) in [6.07, 6.45) is 6.19. The molecule has 4 rings (SSSR count). The van der Waals surface area contributed by atoms with Gasteiger partial charge in [-0.3, -0.25) is 4.79 Å². The molecule has 0 aromatic carbocycles. The van der Waals surface area contributed by atoms with Crippen molar-refractivity contribution < 1.29 is 4.79 Å². The molecule has 0 atom stereocenters. The molecule has 7 heteroatoms. The van der Waals surface area contributed by atoms with Crippen LogP contribution in [0.15, 0.2) is 12.3 Å². The summed E-state index contributed by atoms with van der Waals surface area (Å²) in [6.45, 7) is 6.94. The topological polar surface area (TPSA) is 72.7 Å². The molecule has 1 fully saturated rings. The first-order chi connectivity index (χ1) is 12.6. The molecule has 1 aliphatic carbocycles. The third-order valence-corrected chi connectivity index (χ3v) is 6.00. The van der Waals surface area contributed by atoms with E-state index < -0.39 is 0 Å². The number of aromatic nitrogens is 4. The molecule has 3 heterocycles. The van der Waals surface area contributed by atoms with Gasteiger partial charge >= 0.3 is 0 Å². The largest absolute Gasteiger partial charge is 0.306 e. The van der Waals surface area contributed by atoms with Crippen molar-refractivity contribution in [3.8, 4) is 0 Å². The lowest BCUT2D eigenvalue weighted by Crippen LogP contribution is -2.15. The van der Waals surface area contributed by atoms with Gasteiger partial charge in [0.25, 0.3) is 5.91 Å². The van der Waals surface area contributed by atoms with Crippen LogP contribution in [0.3, 0.4) is 0 Å². The van der Waals surface area contributed by atoms with Crippen molar-refractivity contribution in [3.63, 3.8) is 0 Å². The minimum atomic E-state index is -0.101.